The van der Waals surface area contributed by atoms with E-state index in [2.05, 4.69) is 5.32 Å². The van der Waals surface area contributed by atoms with Crippen molar-refractivity contribution in [3.63, 3.8) is 0 Å². The van der Waals surface area contributed by atoms with Crippen molar-refractivity contribution in [2.45, 2.75) is 31.7 Å². The molecule has 1 saturated carbocycles. The standard InChI is InChI=1S/C16H23NO3/c18-9-12-4-2-1-3-11(12)8-17-15-10-20-16-7-13(19)5-6-14(15)16/h5-7,11-12,15,17-19H,1-4,8-10H2. The van der Waals surface area contributed by atoms with Gasteiger partial charge in [0, 0.05) is 18.2 Å². The minimum atomic E-state index is 0.201. The molecule has 0 bridgehead atoms. The molecule has 20 heavy (non-hydrogen) atoms. The summed E-state index contributed by atoms with van der Waals surface area (Å²) in [6.45, 7) is 1.85. The number of benzene rings is 1. The van der Waals surface area contributed by atoms with Gasteiger partial charge >= 0.3 is 0 Å². The third-order valence-electron chi connectivity index (χ3n) is 4.71. The van der Waals surface area contributed by atoms with Crippen molar-refractivity contribution >= 4 is 0 Å². The van der Waals surface area contributed by atoms with E-state index >= 15 is 0 Å². The van der Waals surface area contributed by atoms with Gasteiger partial charge in [-0.2, -0.15) is 0 Å². The molecule has 1 aromatic carbocycles. The number of rotatable bonds is 4. The fraction of sp³-hybridized carbons (Fsp3) is 0.625. The van der Waals surface area contributed by atoms with Crippen LogP contribution in [-0.2, 0) is 0 Å². The number of hydrogen-bond acceptors (Lipinski definition) is 4. The zero-order valence-corrected chi connectivity index (χ0v) is 11.7. The highest BCUT2D eigenvalue weighted by Gasteiger charge is 2.28. The lowest BCUT2D eigenvalue weighted by Gasteiger charge is -2.31. The predicted molar refractivity (Wildman–Crippen MR) is 76.9 cm³/mol. The Kier molecular flexibility index (Phi) is 4.13. The first-order chi connectivity index (χ1) is 9.78. The average molecular weight is 277 g/mol. The average Bonchev–Trinajstić information content (AvgIpc) is 2.87. The molecule has 3 atom stereocenters. The number of nitrogens with one attached hydrogen (secondary N) is 1. The van der Waals surface area contributed by atoms with Crippen LogP contribution in [0.15, 0.2) is 18.2 Å². The normalized spacial score (nSPS) is 28.9. The van der Waals surface area contributed by atoms with Crippen molar-refractivity contribution in [2.75, 3.05) is 19.8 Å². The van der Waals surface area contributed by atoms with Crippen molar-refractivity contribution in [3.8, 4) is 11.5 Å². The maximum absolute atomic E-state index is 9.46. The quantitative estimate of drug-likeness (QED) is 0.789. The zero-order valence-electron chi connectivity index (χ0n) is 11.7. The van der Waals surface area contributed by atoms with E-state index in [0.717, 1.165) is 24.3 Å². The van der Waals surface area contributed by atoms with Crippen LogP contribution in [0.2, 0.25) is 0 Å². The first-order valence-corrected chi connectivity index (χ1v) is 7.58. The Morgan fingerprint density at radius 1 is 1.20 bits per heavy atom. The Labute approximate surface area is 119 Å². The Hall–Kier alpha value is -1.26. The molecular weight excluding hydrogens is 254 g/mol. The molecule has 2 aliphatic rings. The van der Waals surface area contributed by atoms with Crippen LogP contribution >= 0.6 is 0 Å². The lowest BCUT2D eigenvalue weighted by molar-refractivity contribution is 0.130. The summed E-state index contributed by atoms with van der Waals surface area (Å²) < 4.78 is 5.61. The summed E-state index contributed by atoms with van der Waals surface area (Å²) >= 11 is 0. The van der Waals surface area contributed by atoms with Crippen LogP contribution in [0.5, 0.6) is 11.5 Å². The number of hydrogen-bond donors (Lipinski definition) is 3. The van der Waals surface area contributed by atoms with E-state index in [9.17, 15) is 10.2 Å². The van der Waals surface area contributed by atoms with Crippen LogP contribution in [0.1, 0.15) is 37.3 Å². The van der Waals surface area contributed by atoms with E-state index in [1.54, 1.807) is 12.1 Å². The molecule has 1 aliphatic heterocycles. The monoisotopic (exact) mass is 277 g/mol. The van der Waals surface area contributed by atoms with Crippen molar-refractivity contribution in [1.82, 2.24) is 5.32 Å². The first kappa shape index (κ1) is 13.7. The second kappa shape index (κ2) is 6.02. The van der Waals surface area contributed by atoms with Gasteiger partial charge in [0.05, 0.1) is 6.04 Å². The van der Waals surface area contributed by atoms with Gasteiger partial charge in [-0.1, -0.05) is 12.8 Å². The minimum absolute atomic E-state index is 0.201. The molecule has 3 unspecified atom stereocenters. The molecule has 4 heteroatoms. The van der Waals surface area contributed by atoms with Gasteiger partial charge in [-0.15, -0.1) is 0 Å². The van der Waals surface area contributed by atoms with Crippen molar-refractivity contribution in [1.29, 1.82) is 0 Å². The number of aliphatic hydroxyl groups excluding tert-OH is 1. The fourth-order valence-electron chi connectivity index (χ4n) is 3.45. The van der Waals surface area contributed by atoms with E-state index < -0.39 is 0 Å². The number of aromatic hydroxyl groups is 1. The van der Waals surface area contributed by atoms with Crippen LogP contribution in [-0.4, -0.2) is 30.0 Å². The summed E-state index contributed by atoms with van der Waals surface area (Å²) in [6.07, 6.45) is 4.87. The van der Waals surface area contributed by atoms with Crippen LogP contribution in [0.25, 0.3) is 0 Å². The van der Waals surface area contributed by atoms with Crippen LogP contribution in [0, 0.1) is 11.8 Å². The van der Waals surface area contributed by atoms with Crippen molar-refractivity contribution in [2.24, 2.45) is 11.8 Å². The third kappa shape index (κ3) is 2.76. The fourth-order valence-corrected chi connectivity index (χ4v) is 3.45. The Balaban J connectivity index is 1.60. The summed E-state index contributed by atoms with van der Waals surface area (Å²) in [5, 5.41) is 22.5. The summed E-state index contributed by atoms with van der Waals surface area (Å²) in [5.41, 5.74) is 1.12. The van der Waals surface area contributed by atoms with Gasteiger partial charge in [0.15, 0.2) is 0 Å². The first-order valence-electron chi connectivity index (χ1n) is 7.58. The summed E-state index contributed by atoms with van der Waals surface area (Å²) in [7, 11) is 0. The molecule has 110 valence electrons. The lowest BCUT2D eigenvalue weighted by atomic mass is 9.79. The molecule has 0 saturated heterocycles. The van der Waals surface area contributed by atoms with E-state index in [-0.39, 0.29) is 11.8 Å². The minimum Gasteiger partial charge on any atom is -0.508 e. The predicted octanol–water partition coefficient (Wildman–Crippen LogP) is 2.21. The summed E-state index contributed by atoms with van der Waals surface area (Å²) in [5.74, 6) is 2.04. The molecule has 0 amide bonds. The molecule has 1 aromatic rings. The van der Waals surface area contributed by atoms with Gasteiger partial charge in [-0.05, 0) is 43.4 Å². The van der Waals surface area contributed by atoms with Crippen LogP contribution < -0.4 is 10.1 Å². The molecule has 3 N–H and O–H groups in total. The Morgan fingerprint density at radius 3 is 2.80 bits per heavy atom. The largest absolute Gasteiger partial charge is 0.508 e. The molecule has 1 heterocycles. The highest BCUT2D eigenvalue weighted by Crippen LogP contribution is 2.36. The number of phenolic OH excluding ortho intramolecular Hbond substituents is 1. The SMILES string of the molecule is OCC1CCCCC1CNC1COc2cc(O)ccc21. The molecule has 1 aliphatic carbocycles. The van der Waals surface area contributed by atoms with E-state index in [0.29, 0.717) is 25.0 Å². The lowest BCUT2D eigenvalue weighted by Crippen LogP contribution is -2.34. The van der Waals surface area contributed by atoms with Gasteiger partial charge in [0.1, 0.15) is 18.1 Å². The van der Waals surface area contributed by atoms with Crippen LogP contribution in [0.4, 0.5) is 0 Å². The maximum Gasteiger partial charge on any atom is 0.127 e. The smallest absolute Gasteiger partial charge is 0.127 e. The second-order valence-corrected chi connectivity index (χ2v) is 5.98. The molecule has 0 spiro atoms. The van der Waals surface area contributed by atoms with Gasteiger partial charge in [0.2, 0.25) is 0 Å². The van der Waals surface area contributed by atoms with Gasteiger partial charge in [-0.25, -0.2) is 0 Å². The topological polar surface area (TPSA) is 61.7 Å². The van der Waals surface area contributed by atoms with Gasteiger partial charge in [-0.3, -0.25) is 0 Å². The zero-order chi connectivity index (χ0) is 13.9. The third-order valence-corrected chi connectivity index (χ3v) is 4.71. The molecular formula is C16H23NO3. The molecule has 0 radical (unpaired) electrons. The highest BCUT2D eigenvalue weighted by molar-refractivity contribution is 5.44. The maximum atomic E-state index is 9.46. The number of aliphatic hydroxyl groups is 1. The molecule has 1 fully saturated rings. The van der Waals surface area contributed by atoms with E-state index in [1.165, 1.54) is 19.3 Å². The Bertz CT molecular complexity index is 463. The van der Waals surface area contributed by atoms with E-state index in [4.69, 9.17) is 4.74 Å². The molecule has 4 nitrogen and oxygen atoms in total. The molecule has 0 aromatic heterocycles. The van der Waals surface area contributed by atoms with Crippen LogP contribution in [0.3, 0.4) is 0 Å². The van der Waals surface area contributed by atoms with Gasteiger partial charge in [0.25, 0.3) is 0 Å². The highest BCUT2D eigenvalue weighted by atomic mass is 16.5. The van der Waals surface area contributed by atoms with E-state index in [1.807, 2.05) is 6.07 Å². The number of phenols is 1. The second-order valence-electron chi connectivity index (χ2n) is 5.98. The van der Waals surface area contributed by atoms with Gasteiger partial charge < -0.3 is 20.3 Å². The Morgan fingerprint density at radius 2 is 2.00 bits per heavy atom. The number of fused-ring (bicyclic) bond motifs is 1. The van der Waals surface area contributed by atoms with Crippen molar-refractivity contribution < 1.29 is 14.9 Å². The number of ether oxygens (including phenoxy) is 1. The van der Waals surface area contributed by atoms with Crippen molar-refractivity contribution in [3.05, 3.63) is 23.8 Å². The molecule has 3 rings (SSSR count). The summed E-state index contributed by atoms with van der Waals surface area (Å²) in [4.78, 5) is 0. The summed E-state index contributed by atoms with van der Waals surface area (Å²) in [6, 6.07) is 5.51.